The van der Waals surface area contributed by atoms with Gasteiger partial charge >= 0.3 is 0 Å². The van der Waals surface area contributed by atoms with E-state index in [-0.39, 0.29) is 0 Å². The van der Waals surface area contributed by atoms with Gasteiger partial charge in [-0.15, -0.1) is 0 Å². The van der Waals surface area contributed by atoms with Crippen molar-refractivity contribution in [1.29, 1.82) is 5.26 Å². The quantitative estimate of drug-likeness (QED) is 0.874. The summed E-state index contributed by atoms with van der Waals surface area (Å²) in [6.07, 6.45) is 3.61. The van der Waals surface area contributed by atoms with Gasteiger partial charge in [0.15, 0.2) is 0 Å². The Morgan fingerprint density at radius 3 is 2.53 bits per heavy atom. The fraction of sp³-hybridized carbons (Fsp3) is 0.188. The van der Waals surface area contributed by atoms with E-state index in [1.807, 2.05) is 6.07 Å². The Balaban J connectivity index is 1.85. The minimum absolute atomic E-state index is 0.480. The van der Waals surface area contributed by atoms with E-state index < -0.39 is 0 Å². The SMILES string of the molecule is N#Cc1ccc(Nc2ccc3c(c2)CCC3)cc1Cl. The van der Waals surface area contributed by atoms with Crippen molar-refractivity contribution in [2.75, 3.05) is 5.32 Å². The number of nitriles is 1. The van der Waals surface area contributed by atoms with Gasteiger partial charge in [-0.25, -0.2) is 0 Å². The van der Waals surface area contributed by atoms with Crippen molar-refractivity contribution in [2.45, 2.75) is 19.3 Å². The molecular formula is C16H13ClN2. The van der Waals surface area contributed by atoms with Gasteiger partial charge in [-0.1, -0.05) is 17.7 Å². The van der Waals surface area contributed by atoms with Gasteiger partial charge in [0.25, 0.3) is 0 Å². The van der Waals surface area contributed by atoms with E-state index in [1.165, 1.54) is 30.4 Å². The lowest BCUT2D eigenvalue weighted by atomic mass is 10.1. The number of rotatable bonds is 2. The van der Waals surface area contributed by atoms with E-state index in [2.05, 4.69) is 29.6 Å². The van der Waals surface area contributed by atoms with Crippen LogP contribution in [-0.2, 0) is 12.8 Å². The van der Waals surface area contributed by atoms with Gasteiger partial charge in [0.05, 0.1) is 10.6 Å². The van der Waals surface area contributed by atoms with Gasteiger partial charge < -0.3 is 5.32 Å². The van der Waals surface area contributed by atoms with Crippen LogP contribution in [0.3, 0.4) is 0 Å². The van der Waals surface area contributed by atoms with Gasteiger partial charge in [-0.05, 0) is 60.7 Å². The molecule has 1 N–H and O–H groups in total. The highest BCUT2D eigenvalue weighted by molar-refractivity contribution is 6.32. The highest BCUT2D eigenvalue weighted by Gasteiger charge is 2.10. The monoisotopic (exact) mass is 268 g/mol. The Kier molecular flexibility index (Phi) is 3.15. The molecule has 2 nitrogen and oxygen atoms in total. The predicted octanol–water partition coefficient (Wildman–Crippen LogP) is 4.44. The molecule has 0 atom stereocenters. The van der Waals surface area contributed by atoms with E-state index in [1.54, 1.807) is 12.1 Å². The second kappa shape index (κ2) is 4.95. The zero-order chi connectivity index (χ0) is 13.2. The van der Waals surface area contributed by atoms with Crippen LogP contribution in [0.4, 0.5) is 11.4 Å². The van der Waals surface area contributed by atoms with Crippen LogP contribution in [0.15, 0.2) is 36.4 Å². The van der Waals surface area contributed by atoms with E-state index in [0.29, 0.717) is 10.6 Å². The summed E-state index contributed by atoms with van der Waals surface area (Å²) in [5.74, 6) is 0. The molecule has 0 bridgehead atoms. The first-order valence-electron chi connectivity index (χ1n) is 6.35. The number of nitrogens with one attached hydrogen (secondary N) is 1. The number of halogens is 1. The minimum Gasteiger partial charge on any atom is -0.355 e. The zero-order valence-electron chi connectivity index (χ0n) is 10.4. The molecule has 3 rings (SSSR count). The molecule has 0 unspecified atom stereocenters. The molecule has 94 valence electrons. The topological polar surface area (TPSA) is 35.8 Å². The third-order valence-corrected chi connectivity index (χ3v) is 3.79. The molecule has 0 aliphatic heterocycles. The first kappa shape index (κ1) is 12.1. The first-order chi connectivity index (χ1) is 9.26. The van der Waals surface area contributed by atoms with Crippen LogP contribution in [0.2, 0.25) is 5.02 Å². The Hall–Kier alpha value is -1.98. The van der Waals surface area contributed by atoms with Crippen LogP contribution in [0, 0.1) is 11.3 Å². The van der Waals surface area contributed by atoms with Crippen LogP contribution in [-0.4, -0.2) is 0 Å². The highest BCUT2D eigenvalue weighted by atomic mass is 35.5. The fourth-order valence-corrected chi connectivity index (χ4v) is 2.72. The van der Waals surface area contributed by atoms with E-state index >= 15 is 0 Å². The molecule has 1 aliphatic carbocycles. The van der Waals surface area contributed by atoms with Crippen LogP contribution < -0.4 is 5.32 Å². The van der Waals surface area contributed by atoms with Crippen molar-refractivity contribution in [3.63, 3.8) is 0 Å². The summed E-state index contributed by atoms with van der Waals surface area (Å²) in [5, 5.41) is 12.7. The molecule has 0 aromatic heterocycles. The number of hydrogen-bond donors (Lipinski definition) is 1. The number of fused-ring (bicyclic) bond motifs is 1. The van der Waals surface area contributed by atoms with Crippen molar-refractivity contribution in [2.24, 2.45) is 0 Å². The third-order valence-electron chi connectivity index (χ3n) is 3.48. The van der Waals surface area contributed by atoms with Crippen LogP contribution >= 0.6 is 11.6 Å². The molecule has 1 aliphatic rings. The van der Waals surface area contributed by atoms with Crippen LogP contribution in [0.5, 0.6) is 0 Å². The second-order valence-corrected chi connectivity index (χ2v) is 5.18. The number of anilines is 2. The molecular weight excluding hydrogens is 256 g/mol. The summed E-state index contributed by atoms with van der Waals surface area (Å²) in [4.78, 5) is 0. The Labute approximate surface area is 117 Å². The molecule has 2 aromatic rings. The summed E-state index contributed by atoms with van der Waals surface area (Å²) >= 11 is 6.03. The number of nitrogens with zero attached hydrogens (tertiary/aromatic N) is 1. The summed E-state index contributed by atoms with van der Waals surface area (Å²) < 4.78 is 0. The molecule has 19 heavy (non-hydrogen) atoms. The molecule has 0 heterocycles. The summed E-state index contributed by atoms with van der Waals surface area (Å²) in [6, 6.07) is 13.9. The average Bonchev–Trinajstić information content (AvgIpc) is 2.86. The first-order valence-corrected chi connectivity index (χ1v) is 6.72. The minimum atomic E-state index is 0.480. The maximum Gasteiger partial charge on any atom is 0.101 e. The second-order valence-electron chi connectivity index (χ2n) is 4.77. The maximum atomic E-state index is 8.85. The third kappa shape index (κ3) is 2.43. The molecule has 0 fully saturated rings. The Morgan fingerprint density at radius 2 is 1.74 bits per heavy atom. The largest absolute Gasteiger partial charge is 0.355 e. The van der Waals surface area contributed by atoms with Gasteiger partial charge in [0.1, 0.15) is 6.07 Å². The molecule has 0 spiro atoms. The van der Waals surface area contributed by atoms with Gasteiger partial charge in [-0.2, -0.15) is 5.26 Å². The maximum absolute atomic E-state index is 8.85. The number of benzene rings is 2. The van der Waals surface area contributed by atoms with E-state index in [0.717, 1.165) is 11.4 Å². The van der Waals surface area contributed by atoms with Gasteiger partial charge in [0, 0.05) is 11.4 Å². The molecule has 0 saturated carbocycles. The van der Waals surface area contributed by atoms with Gasteiger partial charge in [0.2, 0.25) is 0 Å². The standard InChI is InChI=1S/C16H13ClN2/c17-16-9-15(7-5-13(16)10-18)19-14-6-4-11-2-1-3-12(11)8-14/h4-9,19H,1-3H2. The van der Waals surface area contributed by atoms with Crippen molar-refractivity contribution in [1.82, 2.24) is 0 Å². The lowest BCUT2D eigenvalue weighted by Crippen LogP contribution is -1.93. The lowest BCUT2D eigenvalue weighted by Gasteiger charge is -2.09. The Bertz CT molecular complexity index is 662. The van der Waals surface area contributed by atoms with Gasteiger partial charge in [-0.3, -0.25) is 0 Å². The average molecular weight is 269 g/mol. The predicted molar refractivity (Wildman–Crippen MR) is 77.9 cm³/mol. The lowest BCUT2D eigenvalue weighted by molar-refractivity contribution is 0.912. The summed E-state index contributed by atoms with van der Waals surface area (Å²) in [6.45, 7) is 0. The smallest absolute Gasteiger partial charge is 0.101 e. The van der Waals surface area contributed by atoms with E-state index in [9.17, 15) is 0 Å². The van der Waals surface area contributed by atoms with Crippen molar-refractivity contribution >= 4 is 23.0 Å². The van der Waals surface area contributed by atoms with Crippen molar-refractivity contribution in [3.05, 3.63) is 58.1 Å². The normalized spacial score (nSPS) is 12.8. The van der Waals surface area contributed by atoms with Crippen LogP contribution in [0.1, 0.15) is 23.1 Å². The summed E-state index contributed by atoms with van der Waals surface area (Å²) in [7, 11) is 0. The fourth-order valence-electron chi connectivity index (χ4n) is 2.50. The molecule has 0 radical (unpaired) electrons. The molecule has 2 aromatic carbocycles. The van der Waals surface area contributed by atoms with Crippen LogP contribution in [0.25, 0.3) is 0 Å². The van der Waals surface area contributed by atoms with E-state index in [4.69, 9.17) is 16.9 Å². The molecule has 0 saturated heterocycles. The highest BCUT2D eigenvalue weighted by Crippen LogP contribution is 2.28. The van der Waals surface area contributed by atoms with Crippen molar-refractivity contribution in [3.8, 4) is 6.07 Å². The number of aryl methyl sites for hydroxylation is 2. The molecule has 3 heteroatoms. The zero-order valence-corrected chi connectivity index (χ0v) is 11.2. The number of hydrogen-bond acceptors (Lipinski definition) is 2. The Morgan fingerprint density at radius 1 is 1.00 bits per heavy atom. The van der Waals surface area contributed by atoms with Crippen molar-refractivity contribution < 1.29 is 0 Å². The summed E-state index contributed by atoms with van der Waals surface area (Å²) in [5.41, 5.74) is 5.37. The molecule has 0 amide bonds.